The van der Waals surface area contributed by atoms with E-state index in [9.17, 15) is 34.2 Å². The standard InChI is InChI=1S/C33H46N4O8/c1-5-6-7-8-9-13-21-18-33(21,30(42)43)35-27(39)24-16-12-17-36(24)26(38)19-34-31(44)45-25(32(2,3)4)20-37-28(40)22-14-10-11-15-23(22)29(37)41/h9-11,13-15,21,24-26,38H,5-8,12,16-20H2,1-4H3,(H,34,44)(H,35,39)(H,42,43)/b13-9-/t21?,24-,25?,26?,33+/m0/s1. The SMILES string of the molecule is CCCCC/C=C\C1C[C@]1(NC(=O)[C@@H]1CCCN1C(O)CNC(=O)OC(CN1C(=O)c2ccccc2C1=O)C(C)(C)C)C(=O)O. The quantitative estimate of drug-likeness (QED) is 0.138. The summed E-state index contributed by atoms with van der Waals surface area (Å²) in [5.74, 6) is -2.73. The maximum absolute atomic E-state index is 13.3. The lowest BCUT2D eigenvalue weighted by Gasteiger charge is -2.33. The number of imide groups is 1. The van der Waals surface area contributed by atoms with Crippen LogP contribution in [-0.2, 0) is 14.3 Å². The zero-order chi connectivity index (χ0) is 32.9. The number of aliphatic carboxylic acids is 1. The Balaban J connectivity index is 1.30. The van der Waals surface area contributed by atoms with Crippen LogP contribution in [0.15, 0.2) is 36.4 Å². The molecule has 0 aromatic heterocycles. The first-order chi connectivity index (χ1) is 21.3. The number of carbonyl (C=O) groups excluding carboxylic acids is 4. The van der Waals surface area contributed by atoms with Crippen LogP contribution in [0, 0.1) is 11.3 Å². The molecule has 2 aliphatic heterocycles. The molecular weight excluding hydrogens is 580 g/mol. The molecule has 12 nitrogen and oxygen atoms in total. The maximum atomic E-state index is 13.3. The molecule has 1 aliphatic carbocycles. The Hall–Kier alpha value is -3.77. The fourth-order valence-electron chi connectivity index (χ4n) is 5.99. The Morgan fingerprint density at radius 1 is 1.13 bits per heavy atom. The molecule has 3 unspecified atom stereocenters. The summed E-state index contributed by atoms with van der Waals surface area (Å²) in [5, 5.41) is 26.1. The monoisotopic (exact) mass is 626 g/mol. The molecule has 5 atom stereocenters. The van der Waals surface area contributed by atoms with Crippen molar-refractivity contribution in [2.45, 2.75) is 96.6 Å². The van der Waals surface area contributed by atoms with Gasteiger partial charge in [0.2, 0.25) is 5.91 Å². The van der Waals surface area contributed by atoms with E-state index < -0.39 is 59.1 Å². The van der Waals surface area contributed by atoms with E-state index in [2.05, 4.69) is 17.6 Å². The first-order valence-electron chi connectivity index (χ1n) is 15.9. The van der Waals surface area contributed by atoms with E-state index in [0.29, 0.717) is 36.9 Å². The van der Waals surface area contributed by atoms with Crippen molar-refractivity contribution < 1.29 is 38.9 Å². The van der Waals surface area contributed by atoms with Gasteiger partial charge in [0.15, 0.2) is 0 Å². The number of rotatable bonds is 14. The lowest BCUT2D eigenvalue weighted by Crippen LogP contribution is -2.55. The van der Waals surface area contributed by atoms with Crippen molar-refractivity contribution in [2.24, 2.45) is 11.3 Å². The molecule has 1 saturated carbocycles. The minimum atomic E-state index is -1.35. The molecule has 2 heterocycles. The van der Waals surface area contributed by atoms with E-state index >= 15 is 0 Å². The molecule has 4 N–H and O–H groups in total. The number of benzene rings is 1. The summed E-state index contributed by atoms with van der Waals surface area (Å²) in [6, 6.07) is 5.78. The number of carboxylic acid groups (broad SMARTS) is 1. The number of hydrogen-bond acceptors (Lipinski definition) is 8. The van der Waals surface area contributed by atoms with Crippen molar-refractivity contribution in [3.8, 4) is 0 Å². The topological polar surface area (TPSA) is 166 Å². The van der Waals surface area contributed by atoms with Crippen LogP contribution in [-0.4, -0.2) is 93.3 Å². The van der Waals surface area contributed by atoms with Crippen LogP contribution in [0.25, 0.3) is 0 Å². The maximum Gasteiger partial charge on any atom is 0.407 e. The molecular formula is C33H46N4O8. The van der Waals surface area contributed by atoms with E-state index in [1.54, 1.807) is 29.2 Å². The third-order valence-corrected chi connectivity index (χ3v) is 8.94. The summed E-state index contributed by atoms with van der Waals surface area (Å²) >= 11 is 0. The van der Waals surface area contributed by atoms with Gasteiger partial charge in [0.25, 0.3) is 11.8 Å². The normalized spacial score (nSPS) is 24.4. The van der Waals surface area contributed by atoms with Crippen molar-refractivity contribution in [1.29, 1.82) is 0 Å². The summed E-state index contributed by atoms with van der Waals surface area (Å²) in [5.41, 5.74) is -1.37. The molecule has 0 radical (unpaired) electrons. The van der Waals surface area contributed by atoms with Crippen LogP contribution in [0.3, 0.4) is 0 Å². The number of carbonyl (C=O) groups is 5. The predicted molar refractivity (Wildman–Crippen MR) is 165 cm³/mol. The number of nitrogens with zero attached hydrogens (tertiary/aromatic N) is 2. The molecule has 4 amide bonds. The number of hydrogen-bond donors (Lipinski definition) is 4. The Bertz CT molecular complexity index is 1290. The van der Waals surface area contributed by atoms with Crippen LogP contribution in [0.1, 0.15) is 93.4 Å². The van der Waals surface area contributed by atoms with Crippen LogP contribution < -0.4 is 10.6 Å². The molecule has 0 spiro atoms. The Morgan fingerprint density at radius 2 is 1.80 bits per heavy atom. The van der Waals surface area contributed by atoms with Gasteiger partial charge in [-0.05, 0) is 44.2 Å². The molecule has 12 heteroatoms. The summed E-state index contributed by atoms with van der Waals surface area (Å²) in [6.45, 7) is 7.58. The van der Waals surface area contributed by atoms with Crippen molar-refractivity contribution >= 4 is 29.8 Å². The van der Waals surface area contributed by atoms with Crippen molar-refractivity contribution in [3.05, 3.63) is 47.5 Å². The zero-order valence-corrected chi connectivity index (χ0v) is 26.6. The number of fused-ring (bicyclic) bond motifs is 1. The Kier molecular flexibility index (Phi) is 10.7. The molecule has 1 aromatic rings. The number of aliphatic hydroxyl groups excluding tert-OH is 1. The third kappa shape index (κ3) is 7.73. The van der Waals surface area contributed by atoms with Crippen molar-refractivity contribution in [3.63, 3.8) is 0 Å². The highest BCUT2D eigenvalue weighted by Gasteiger charge is 2.61. The highest BCUT2D eigenvalue weighted by molar-refractivity contribution is 6.21. The van der Waals surface area contributed by atoms with Crippen LogP contribution in [0.2, 0.25) is 0 Å². The van der Waals surface area contributed by atoms with Crippen molar-refractivity contribution in [1.82, 2.24) is 20.4 Å². The van der Waals surface area contributed by atoms with Crippen LogP contribution in [0.4, 0.5) is 4.79 Å². The molecule has 1 aromatic carbocycles. The van der Waals surface area contributed by atoms with Crippen molar-refractivity contribution in [2.75, 3.05) is 19.6 Å². The van der Waals surface area contributed by atoms with Crippen LogP contribution >= 0.6 is 0 Å². The van der Waals surface area contributed by atoms with Gasteiger partial charge >= 0.3 is 12.1 Å². The van der Waals surface area contributed by atoms with Gasteiger partial charge in [-0.15, -0.1) is 0 Å². The lowest BCUT2D eigenvalue weighted by molar-refractivity contribution is -0.145. The number of unbranched alkanes of at least 4 members (excludes halogenated alkanes) is 3. The summed E-state index contributed by atoms with van der Waals surface area (Å²) < 4.78 is 5.65. The molecule has 45 heavy (non-hydrogen) atoms. The van der Waals surface area contributed by atoms with Gasteiger partial charge < -0.3 is 25.6 Å². The average Bonchev–Trinajstić information content (AvgIpc) is 3.35. The number of alkyl carbamates (subject to hydrolysis) is 1. The molecule has 246 valence electrons. The second-order valence-corrected chi connectivity index (χ2v) is 13.3. The number of carboxylic acids is 1. The van der Waals surface area contributed by atoms with E-state index in [1.165, 1.54) is 0 Å². The van der Waals surface area contributed by atoms with Gasteiger partial charge in [-0.2, -0.15) is 0 Å². The molecule has 1 saturated heterocycles. The summed E-state index contributed by atoms with van der Waals surface area (Å²) in [7, 11) is 0. The first kappa shape index (κ1) is 34.1. The first-order valence-corrected chi connectivity index (χ1v) is 15.9. The van der Waals surface area contributed by atoms with Gasteiger partial charge in [-0.1, -0.05) is 64.8 Å². The fraction of sp³-hybridized carbons (Fsp3) is 0.606. The van der Waals surface area contributed by atoms with Gasteiger partial charge in [-0.25, -0.2) is 9.59 Å². The minimum Gasteiger partial charge on any atom is -0.479 e. The third-order valence-electron chi connectivity index (χ3n) is 8.94. The number of ether oxygens (including phenoxy) is 1. The predicted octanol–water partition coefficient (Wildman–Crippen LogP) is 3.30. The number of amides is 4. The number of allylic oxidation sites excluding steroid dienone is 1. The second-order valence-electron chi connectivity index (χ2n) is 13.3. The van der Waals surface area contributed by atoms with E-state index in [-0.39, 0.29) is 19.0 Å². The Morgan fingerprint density at radius 3 is 2.40 bits per heavy atom. The number of nitrogens with one attached hydrogen (secondary N) is 2. The second kappa shape index (κ2) is 14.1. The van der Waals surface area contributed by atoms with Gasteiger partial charge in [0.05, 0.1) is 30.3 Å². The van der Waals surface area contributed by atoms with Gasteiger partial charge in [0, 0.05) is 17.9 Å². The Labute approximate surface area is 264 Å². The van der Waals surface area contributed by atoms with E-state index in [0.717, 1.165) is 30.6 Å². The fourth-order valence-corrected chi connectivity index (χ4v) is 5.99. The summed E-state index contributed by atoms with van der Waals surface area (Å²) in [4.78, 5) is 66.6. The molecule has 2 fully saturated rings. The number of aliphatic hydroxyl groups is 1. The molecule has 0 bridgehead atoms. The smallest absolute Gasteiger partial charge is 0.407 e. The largest absolute Gasteiger partial charge is 0.479 e. The van der Waals surface area contributed by atoms with E-state index in [1.807, 2.05) is 32.9 Å². The van der Waals surface area contributed by atoms with E-state index in [4.69, 9.17) is 4.74 Å². The minimum absolute atomic E-state index is 0.138. The van der Waals surface area contributed by atoms with Gasteiger partial charge in [-0.3, -0.25) is 24.2 Å². The highest BCUT2D eigenvalue weighted by Crippen LogP contribution is 2.45. The zero-order valence-electron chi connectivity index (χ0n) is 26.6. The lowest BCUT2D eigenvalue weighted by atomic mass is 9.88. The van der Waals surface area contributed by atoms with Gasteiger partial charge in [0.1, 0.15) is 17.9 Å². The number of likely N-dealkylation sites (tertiary alicyclic amines) is 1. The average molecular weight is 627 g/mol. The molecule has 4 rings (SSSR count). The highest BCUT2D eigenvalue weighted by atomic mass is 16.6. The summed E-state index contributed by atoms with van der Waals surface area (Å²) in [6.07, 6.45) is 6.42. The van der Waals surface area contributed by atoms with Crippen LogP contribution in [0.5, 0.6) is 0 Å². The molecule has 3 aliphatic rings.